The van der Waals surface area contributed by atoms with Crippen molar-refractivity contribution in [1.29, 1.82) is 0 Å². The lowest BCUT2D eigenvalue weighted by molar-refractivity contribution is -0.158. The number of hydrogen-bond donors (Lipinski definition) is 1. The van der Waals surface area contributed by atoms with E-state index in [1.165, 1.54) is 6.08 Å². The molecule has 2 nitrogen and oxygen atoms in total. The minimum absolute atomic E-state index is 0.204. The molecule has 1 aromatic carbocycles. The molecule has 0 saturated heterocycles. The van der Waals surface area contributed by atoms with Crippen molar-refractivity contribution in [3.8, 4) is 12.3 Å². The Morgan fingerprint density at radius 1 is 1.50 bits per heavy atom. The first-order valence-corrected chi connectivity index (χ1v) is 4.23. The van der Waals surface area contributed by atoms with Gasteiger partial charge in [-0.15, -0.1) is 13.0 Å². The second-order valence-electron chi connectivity index (χ2n) is 2.75. The molecular formula is C12H12O2. The van der Waals surface area contributed by atoms with Crippen molar-refractivity contribution in [3.63, 3.8) is 0 Å². The molecule has 72 valence electrons. The van der Waals surface area contributed by atoms with Gasteiger partial charge < -0.3 is 9.84 Å². The van der Waals surface area contributed by atoms with Gasteiger partial charge in [-0.3, -0.25) is 0 Å². The van der Waals surface area contributed by atoms with E-state index in [-0.39, 0.29) is 6.61 Å². The third kappa shape index (κ3) is 2.23. The van der Waals surface area contributed by atoms with E-state index in [2.05, 4.69) is 12.5 Å². The van der Waals surface area contributed by atoms with Crippen molar-refractivity contribution in [2.45, 2.75) is 5.79 Å². The van der Waals surface area contributed by atoms with Gasteiger partial charge in [-0.1, -0.05) is 36.4 Å². The maximum Gasteiger partial charge on any atom is 0.258 e. The fourth-order valence-corrected chi connectivity index (χ4v) is 1.05. The van der Waals surface area contributed by atoms with Crippen molar-refractivity contribution in [1.82, 2.24) is 0 Å². The van der Waals surface area contributed by atoms with Crippen molar-refractivity contribution >= 4 is 0 Å². The van der Waals surface area contributed by atoms with Crippen LogP contribution in [-0.4, -0.2) is 11.7 Å². The molecule has 0 radical (unpaired) electrons. The average Bonchev–Trinajstić information content (AvgIpc) is 2.27. The highest BCUT2D eigenvalue weighted by Crippen LogP contribution is 2.21. The van der Waals surface area contributed by atoms with Crippen LogP contribution < -0.4 is 0 Å². The van der Waals surface area contributed by atoms with E-state index >= 15 is 0 Å². The highest BCUT2D eigenvalue weighted by molar-refractivity contribution is 5.27. The van der Waals surface area contributed by atoms with Crippen LogP contribution in [0.3, 0.4) is 0 Å². The van der Waals surface area contributed by atoms with Crippen LogP contribution in [0.15, 0.2) is 43.0 Å². The molecule has 0 amide bonds. The predicted molar refractivity (Wildman–Crippen MR) is 55.3 cm³/mol. The second kappa shape index (κ2) is 4.61. The lowest BCUT2D eigenvalue weighted by Crippen LogP contribution is -2.27. The molecule has 1 rings (SSSR count). The molecule has 1 N–H and O–H groups in total. The van der Waals surface area contributed by atoms with Gasteiger partial charge in [-0.2, -0.15) is 0 Å². The molecule has 0 saturated carbocycles. The zero-order chi connectivity index (χ0) is 10.4. The third-order valence-electron chi connectivity index (χ3n) is 1.77. The molecule has 0 aliphatic rings. The zero-order valence-electron chi connectivity index (χ0n) is 7.81. The second-order valence-corrected chi connectivity index (χ2v) is 2.75. The lowest BCUT2D eigenvalue weighted by Gasteiger charge is -2.21. The Hall–Kier alpha value is -1.56. The Bertz CT molecular complexity index is 337. The van der Waals surface area contributed by atoms with Crippen molar-refractivity contribution in [2.75, 3.05) is 6.61 Å². The first-order chi connectivity index (χ1) is 6.73. The van der Waals surface area contributed by atoms with Gasteiger partial charge in [-0.05, 0) is 5.92 Å². The summed E-state index contributed by atoms with van der Waals surface area (Å²) in [7, 11) is 0. The van der Waals surface area contributed by atoms with Gasteiger partial charge in [0.15, 0.2) is 0 Å². The van der Waals surface area contributed by atoms with Gasteiger partial charge in [0.2, 0.25) is 0 Å². The highest BCUT2D eigenvalue weighted by atomic mass is 16.6. The molecule has 0 fully saturated rings. The van der Waals surface area contributed by atoms with E-state index in [0.717, 1.165) is 0 Å². The SMILES string of the molecule is C#CC(O)(OCC=C)c1ccccc1. The van der Waals surface area contributed by atoms with Gasteiger partial charge in [0.1, 0.15) is 0 Å². The zero-order valence-corrected chi connectivity index (χ0v) is 7.81. The van der Waals surface area contributed by atoms with E-state index in [0.29, 0.717) is 5.56 Å². The maximum atomic E-state index is 9.92. The largest absolute Gasteiger partial charge is 0.352 e. The molecule has 1 atom stereocenters. The van der Waals surface area contributed by atoms with Gasteiger partial charge >= 0.3 is 0 Å². The predicted octanol–water partition coefficient (Wildman–Crippen LogP) is 1.67. The molecule has 1 aromatic rings. The minimum atomic E-state index is -1.66. The van der Waals surface area contributed by atoms with E-state index in [1.807, 2.05) is 6.07 Å². The Morgan fingerprint density at radius 3 is 2.64 bits per heavy atom. The van der Waals surface area contributed by atoms with Gasteiger partial charge in [0, 0.05) is 5.56 Å². The van der Waals surface area contributed by atoms with E-state index in [4.69, 9.17) is 11.2 Å². The number of terminal acetylenes is 1. The number of rotatable bonds is 4. The van der Waals surface area contributed by atoms with E-state index in [1.54, 1.807) is 24.3 Å². The van der Waals surface area contributed by atoms with Gasteiger partial charge in [0.05, 0.1) is 6.61 Å². The summed E-state index contributed by atoms with van der Waals surface area (Å²) in [5.74, 6) is 0.558. The minimum Gasteiger partial charge on any atom is -0.352 e. The topological polar surface area (TPSA) is 29.5 Å². The Balaban J connectivity index is 2.91. The third-order valence-corrected chi connectivity index (χ3v) is 1.77. The number of hydrogen-bond acceptors (Lipinski definition) is 2. The molecule has 0 bridgehead atoms. The van der Waals surface area contributed by atoms with Crippen LogP contribution >= 0.6 is 0 Å². The van der Waals surface area contributed by atoms with E-state index < -0.39 is 5.79 Å². The fraction of sp³-hybridized carbons (Fsp3) is 0.167. The maximum absolute atomic E-state index is 9.92. The summed E-state index contributed by atoms with van der Waals surface area (Å²) in [6.45, 7) is 3.69. The molecule has 0 heterocycles. The summed E-state index contributed by atoms with van der Waals surface area (Å²) in [5, 5.41) is 9.92. The molecule has 0 aliphatic heterocycles. The molecule has 0 aromatic heterocycles. The highest BCUT2D eigenvalue weighted by Gasteiger charge is 2.26. The monoisotopic (exact) mass is 188 g/mol. The smallest absolute Gasteiger partial charge is 0.258 e. The van der Waals surface area contributed by atoms with Crippen LogP contribution in [0.5, 0.6) is 0 Å². The average molecular weight is 188 g/mol. The molecular weight excluding hydrogens is 176 g/mol. The molecule has 1 unspecified atom stereocenters. The first-order valence-electron chi connectivity index (χ1n) is 4.23. The molecule has 0 aliphatic carbocycles. The molecule has 2 heteroatoms. The number of benzene rings is 1. The van der Waals surface area contributed by atoms with Crippen LogP contribution in [0.25, 0.3) is 0 Å². The summed E-state index contributed by atoms with van der Waals surface area (Å²) in [4.78, 5) is 0. The first kappa shape index (κ1) is 10.5. The Labute approximate surface area is 83.8 Å². The normalized spacial score (nSPS) is 14.0. The summed E-state index contributed by atoms with van der Waals surface area (Å²) < 4.78 is 5.12. The summed E-state index contributed by atoms with van der Waals surface area (Å²) in [5.41, 5.74) is 0.546. The summed E-state index contributed by atoms with van der Waals surface area (Å²) in [6.07, 6.45) is 6.75. The van der Waals surface area contributed by atoms with Crippen LogP contribution in [0.4, 0.5) is 0 Å². The molecule has 14 heavy (non-hydrogen) atoms. The number of ether oxygens (including phenoxy) is 1. The summed E-state index contributed by atoms with van der Waals surface area (Å²) in [6, 6.07) is 8.84. The standard InChI is InChI=1S/C12H12O2/c1-3-10-14-12(13,4-2)11-8-6-5-7-9-11/h2-3,5-9,13H,1,10H2. The van der Waals surface area contributed by atoms with Crippen molar-refractivity contribution in [2.24, 2.45) is 0 Å². The van der Waals surface area contributed by atoms with Crippen LogP contribution in [0.2, 0.25) is 0 Å². The summed E-state index contributed by atoms with van der Waals surface area (Å²) >= 11 is 0. The van der Waals surface area contributed by atoms with Crippen LogP contribution in [-0.2, 0) is 10.5 Å². The Morgan fingerprint density at radius 2 is 2.14 bits per heavy atom. The van der Waals surface area contributed by atoms with Crippen LogP contribution in [0.1, 0.15) is 5.56 Å². The van der Waals surface area contributed by atoms with Gasteiger partial charge in [0.25, 0.3) is 5.79 Å². The van der Waals surface area contributed by atoms with Crippen molar-refractivity contribution in [3.05, 3.63) is 48.6 Å². The van der Waals surface area contributed by atoms with E-state index in [9.17, 15) is 5.11 Å². The van der Waals surface area contributed by atoms with Crippen molar-refractivity contribution < 1.29 is 9.84 Å². The quantitative estimate of drug-likeness (QED) is 0.442. The van der Waals surface area contributed by atoms with Crippen LogP contribution in [0, 0.1) is 12.3 Å². The van der Waals surface area contributed by atoms with Gasteiger partial charge in [-0.25, -0.2) is 0 Å². The molecule has 0 spiro atoms. The Kier molecular flexibility index (Phi) is 3.47. The fourth-order valence-electron chi connectivity index (χ4n) is 1.05. The lowest BCUT2D eigenvalue weighted by atomic mass is 10.1. The number of aliphatic hydroxyl groups is 1.